The van der Waals surface area contributed by atoms with Crippen LogP contribution >= 0.6 is 22.9 Å². The maximum atomic E-state index is 13.4. The van der Waals surface area contributed by atoms with Crippen LogP contribution in [0.2, 0.25) is 5.02 Å². The number of carbonyl (C=O) groups is 1. The number of nitrogens with zero attached hydrogens (tertiary/aromatic N) is 4. The molecule has 1 aromatic carbocycles. The summed E-state index contributed by atoms with van der Waals surface area (Å²) in [7, 11) is -1.04. The van der Waals surface area contributed by atoms with Crippen molar-refractivity contribution in [2.45, 2.75) is 0 Å². The van der Waals surface area contributed by atoms with Gasteiger partial charge in [0.1, 0.15) is 11.5 Å². The van der Waals surface area contributed by atoms with Gasteiger partial charge in [0.05, 0.1) is 32.5 Å². The molecule has 0 aliphatic carbocycles. The van der Waals surface area contributed by atoms with E-state index in [2.05, 4.69) is 14.7 Å². The van der Waals surface area contributed by atoms with E-state index in [1.54, 1.807) is 17.0 Å². The predicted molar refractivity (Wildman–Crippen MR) is 118 cm³/mol. The van der Waals surface area contributed by atoms with Gasteiger partial charge in [0, 0.05) is 26.0 Å². The largest absolute Gasteiger partial charge is 0.345 e. The number of hydrogen-bond donors (Lipinski definition) is 1. The Morgan fingerprint density at radius 1 is 1.19 bits per heavy atom. The number of nitrogens with one attached hydrogen (secondary N) is 1. The molecule has 4 rings (SSSR count). The Bertz CT molecular complexity index is 1360. The van der Waals surface area contributed by atoms with E-state index in [0.29, 0.717) is 4.88 Å². The molecule has 12 heteroatoms. The van der Waals surface area contributed by atoms with Crippen LogP contribution in [0.15, 0.2) is 59.0 Å². The fraction of sp³-hybridized carbons (Fsp3) is 0.105. The molecule has 1 amide bonds. The summed E-state index contributed by atoms with van der Waals surface area (Å²) in [5.41, 5.74) is 0.955. The summed E-state index contributed by atoms with van der Waals surface area (Å²) in [6.07, 6.45) is 4.89. The highest BCUT2D eigenvalue weighted by Crippen LogP contribution is 2.30. The third-order valence-corrected chi connectivity index (χ3v) is 7.13. The average Bonchev–Trinajstić information content (AvgIpc) is 3.35. The Labute approximate surface area is 186 Å². The lowest BCUT2D eigenvalue weighted by atomic mass is 10.2. The number of allylic oxidation sites excluding steroid dienone is 1. The second-order valence-corrected chi connectivity index (χ2v) is 9.74. The molecule has 0 fully saturated rings. The summed E-state index contributed by atoms with van der Waals surface area (Å²) in [5, 5.41) is 2.36. The third-order valence-electron chi connectivity index (χ3n) is 4.40. The molecule has 0 saturated carbocycles. The summed E-state index contributed by atoms with van der Waals surface area (Å²) in [6, 6.07) is 7.19. The first-order valence-electron chi connectivity index (χ1n) is 8.79. The van der Waals surface area contributed by atoms with Crippen LogP contribution in [-0.4, -0.2) is 40.9 Å². The Balaban J connectivity index is 1.66. The fourth-order valence-electron chi connectivity index (χ4n) is 2.80. The number of anilines is 1. The molecule has 160 valence electrons. The van der Waals surface area contributed by atoms with Gasteiger partial charge in [-0.3, -0.25) is 4.79 Å². The van der Waals surface area contributed by atoms with E-state index in [4.69, 9.17) is 11.6 Å². The standard InChI is InChI=1S/C19H15ClFN5O3S2/c1-25-9-15(22-10-25)18-6-5-17(30-18)14-8-16(26(2)31(28,29)24-14)19(27)23-11-3-4-13(21)12(20)7-11/h3-10H,1-2H3,(H,23,27). The van der Waals surface area contributed by atoms with Crippen molar-refractivity contribution in [3.63, 3.8) is 0 Å². The number of benzene rings is 1. The summed E-state index contributed by atoms with van der Waals surface area (Å²) in [4.78, 5) is 18.5. The zero-order valence-electron chi connectivity index (χ0n) is 16.2. The SMILES string of the molecule is CN1C(C(=O)Nc2ccc(F)c(Cl)c2)=CC(c2ccc(-c3cn(C)cn3)s2)=NS1(=O)=O. The lowest BCUT2D eigenvalue weighted by Gasteiger charge is -2.23. The molecule has 0 unspecified atom stereocenters. The van der Waals surface area contributed by atoms with Crippen molar-refractivity contribution in [1.29, 1.82) is 0 Å². The number of aromatic nitrogens is 2. The van der Waals surface area contributed by atoms with Crippen molar-refractivity contribution in [2.24, 2.45) is 11.4 Å². The minimum Gasteiger partial charge on any atom is -0.340 e. The second kappa shape index (κ2) is 7.91. The van der Waals surface area contributed by atoms with Crippen LogP contribution in [0.3, 0.4) is 0 Å². The topological polar surface area (TPSA) is 96.7 Å². The molecular formula is C19H15ClFN5O3S2. The molecule has 8 nitrogen and oxygen atoms in total. The molecule has 1 aliphatic heterocycles. The van der Waals surface area contributed by atoms with E-state index in [1.165, 1.54) is 36.6 Å². The molecule has 3 aromatic rings. The van der Waals surface area contributed by atoms with Crippen molar-refractivity contribution < 1.29 is 17.6 Å². The Morgan fingerprint density at radius 2 is 1.94 bits per heavy atom. The van der Waals surface area contributed by atoms with E-state index in [9.17, 15) is 17.6 Å². The highest BCUT2D eigenvalue weighted by molar-refractivity contribution is 7.88. The van der Waals surface area contributed by atoms with E-state index < -0.39 is 21.9 Å². The minimum atomic E-state index is -4.12. The maximum absolute atomic E-state index is 13.4. The Kier molecular flexibility index (Phi) is 5.42. The minimum absolute atomic E-state index is 0.132. The first-order chi connectivity index (χ1) is 14.6. The number of hydrogen-bond acceptors (Lipinski definition) is 5. The van der Waals surface area contributed by atoms with Gasteiger partial charge in [-0.1, -0.05) is 11.6 Å². The molecule has 0 saturated heterocycles. The number of aryl methyl sites for hydroxylation is 1. The van der Waals surface area contributed by atoms with Crippen molar-refractivity contribution in [2.75, 3.05) is 12.4 Å². The van der Waals surface area contributed by atoms with Gasteiger partial charge in [0.15, 0.2) is 0 Å². The van der Waals surface area contributed by atoms with E-state index in [0.717, 1.165) is 20.9 Å². The zero-order valence-corrected chi connectivity index (χ0v) is 18.6. The second-order valence-electron chi connectivity index (χ2n) is 6.62. The lowest BCUT2D eigenvalue weighted by Crippen LogP contribution is -2.35. The zero-order chi connectivity index (χ0) is 22.3. The number of carbonyl (C=O) groups excluding carboxylic acids is 1. The summed E-state index contributed by atoms with van der Waals surface area (Å²) < 4.78 is 44.8. The smallest absolute Gasteiger partial charge is 0.340 e. The van der Waals surface area contributed by atoms with Gasteiger partial charge < -0.3 is 9.88 Å². The van der Waals surface area contributed by atoms with E-state index in [1.807, 2.05) is 19.3 Å². The third kappa shape index (κ3) is 4.24. The molecule has 0 spiro atoms. The number of likely N-dealkylation sites (N-methyl/N-ethyl adjacent to an activating group) is 1. The van der Waals surface area contributed by atoms with Crippen molar-refractivity contribution in [3.8, 4) is 10.6 Å². The van der Waals surface area contributed by atoms with Gasteiger partial charge in [0.2, 0.25) is 0 Å². The fourth-order valence-corrected chi connectivity index (χ4v) is 4.88. The van der Waals surface area contributed by atoms with Crippen molar-refractivity contribution in [3.05, 3.63) is 70.3 Å². The lowest BCUT2D eigenvalue weighted by molar-refractivity contribution is -0.113. The highest BCUT2D eigenvalue weighted by Gasteiger charge is 2.30. The molecule has 0 radical (unpaired) electrons. The maximum Gasteiger partial charge on any atom is 0.345 e. The first kappa shape index (κ1) is 21.2. The van der Waals surface area contributed by atoms with Gasteiger partial charge in [-0.05, 0) is 36.4 Å². The monoisotopic (exact) mass is 479 g/mol. The van der Waals surface area contributed by atoms with Gasteiger partial charge in [-0.2, -0.15) is 8.42 Å². The molecule has 0 atom stereocenters. The van der Waals surface area contributed by atoms with Crippen LogP contribution in [-0.2, 0) is 22.1 Å². The van der Waals surface area contributed by atoms with Crippen LogP contribution in [0.5, 0.6) is 0 Å². The first-order valence-corrected chi connectivity index (χ1v) is 11.4. The predicted octanol–water partition coefficient (Wildman–Crippen LogP) is 3.44. The Hall–Kier alpha value is -3.02. The van der Waals surface area contributed by atoms with Crippen molar-refractivity contribution in [1.82, 2.24) is 13.9 Å². The van der Waals surface area contributed by atoms with Crippen LogP contribution in [0, 0.1) is 5.82 Å². The summed E-state index contributed by atoms with van der Waals surface area (Å²) >= 11 is 7.05. The Morgan fingerprint density at radius 3 is 2.61 bits per heavy atom. The molecule has 0 bridgehead atoms. The average molecular weight is 480 g/mol. The molecule has 2 aromatic heterocycles. The number of halogens is 2. The number of amides is 1. The van der Waals surface area contributed by atoms with Gasteiger partial charge in [0.25, 0.3) is 5.91 Å². The van der Waals surface area contributed by atoms with E-state index >= 15 is 0 Å². The molecule has 31 heavy (non-hydrogen) atoms. The number of rotatable bonds is 4. The quantitative estimate of drug-likeness (QED) is 0.619. The van der Waals surface area contributed by atoms with Gasteiger partial charge >= 0.3 is 10.2 Å². The van der Waals surface area contributed by atoms with Crippen LogP contribution in [0.1, 0.15) is 4.88 Å². The van der Waals surface area contributed by atoms with Crippen molar-refractivity contribution >= 4 is 50.5 Å². The summed E-state index contributed by atoms with van der Waals surface area (Å²) in [6.45, 7) is 0. The normalized spacial score (nSPS) is 15.4. The van der Waals surface area contributed by atoms with Gasteiger partial charge in [-0.15, -0.1) is 15.7 Å². The van der Waals surface area contributed by atoms with Gasteiger partial charge in [-0.25, -0.2) is 13.7 Å². The number of thiophene rings is 1. The summed E-state index contributed by atoms with van der Waals surface area (Å²) in [5.74, 6) is -1.34. The number of imidazole rings is 1. The van der Waals surface area contributed by atoms with Crippen LogP contribution < -0.4 is 5.32 Å². The molecule has 3 heterocycles. The molecular weight excluding hydrogens is 465 g/mol. The van der Waals surface area contributed by atoms with Crippen LogP contribution in [0.4, 0.5) is 10.1 Å². The molecule has 1 aliphatic rings. The van der Waals surface area contributed by atoms with E-state index in [-0.39, 0.29) is 22.1 Å². The molecule has 1 N–H and O–H groups in total. The van der Waals surface area contributed by atoms with Crippen LogP contribution in [0.25, 0.3) is 10.6 Å². The highest BCUT2D eigenvalue weighted by atomic mass is 35.5.